The van der Waals surface area contributed by atoms with Gasteiger partial charge in [0.15, 0.2) is 0 Å². The van der Waals surface area contributed by atoms with E-state index in [1.807, 2.05) is 6.07 Å². The summed E-state index contributed by atoms with van der Waals surface area (Å²) in [5.41, 5.74) is 0.768. The van der Waals surface area contributed by atoms with Crippen LogP contribution in [0.3, 0.4) is 0 Å². The summed E-state index contributed by atoms with van der Waals surface area (Å²) >= 11 is 0. The van der Waals surface area contributed by atoms with Gasteiger partial charge in [-0.2, -0.15) is 0 Å². The molecule has 0 unspecified atom stereocenters. The van der Waals surface area contributed by atoms with E-state index >= 15 is 0 Å². The third-order valence-corrected chi connectivity index (χ3v) is 3.01. The van der Waals surface area contributed by atoms with E-state index in [0.717, 1.165) is 5.56 Å². The van der Waals surface area contributed by atoms with Gasteiger partial charge in [-0.1, -0.05) is 42.5 Å². The van der Waals surface area contributed by atoms with Gasteiger partial charge in [-0.3, -0.25) is 0 Å². The molecule has 2 rings (SSSR count). The third-order valence-electron chi connectivity index (χ3n) is 3.01. The minimum atomic E-state index is -1.16. The van der Waals surface area contributed by atoms with E-state index in [1.54, 1.807) is 30.3 Å². The van der Waals surface area contributed by atoms with Crippen LogP contribution in [-0.2, 0) is 11.2 Å². The van der Waals surface area contributed by atoms with Gasteiger partial charge in [0, 0.05) is 6.42 Å². The second-order valence-electron chi connectivity index (χ2n) is 4.66. The highest BCUT2D eigenvalue weighted by atomic mass is 19.1. The zero-order valence-corrected chi connectivity index (χ0v) is 11.6. The van der Waals surface area contributed by atoms with Gasteiger partial charge in [-0.25, -0.2) is 14.0 Å². The molecule has 0 heterocycles. The number of carboxylic acid groups (broad SMARTS) is 1. The molecule has 0 saturated heterocycles. The monoisotopic (exact) mass is 302 g/mol. The Morgan fingerprint density at radius 3 is 2.32 bits per heavy atom. The first-order chi connectivity index (χ1) is 10.6. The van der Waals surface area contributed by atoms with Crippen LogP contribution in [0.25, 0.3) is 0 Å². The lowest BCUT2D eigenvalue weighted by Crippen LogP contribution is -2.44. The Bertz CT molecular complexity index is 661. The van der Waals surface area contributed by atoms with Crippen molar-refractivity contribution < 1.29 is 19.1 Å². The zero-order valence-electron chi connectivity index (χ0n) is 11.6. The van der Waals surface area contributed by atoms with Gasteiger partial charge in [0.05, 0.1) is 5.69 Å². The second-order valence-corrected chi connectivity index (χ2v) is 4.66. The van der Waals surface area contributed by atoms with Gasteiger partial charge in [-0.15, -0.1) is 0 Å². The average Bonchev–Trinajstić information content (AvgIpc) is 2.50. The van der Waals surface area contributed by atoms with Crippen molar-refractivity contribution in [2.75, 3.05) is 5.32 Å². The third kappa shape index (κ3) is 4.31. The van der Waals surface area contributed by atoms with Gasteiger partial charge >= 0.3 is 12.0 Å². The molecule has 0 aliphatic rings. The topological polar surface area (TPSA) is 78.4 Å². The Labute approximate surface area is 126 Å². The number of carboxylic acids is 1. The van der Waals surface area contributed by atoms with Crippen LogP contribution >= 0.6 is 0 Å². The number of hydrogen-bond donors (Lipinski definition) is 3. The zero-order chi connectivity index (χ0) is 15.9. The van der Waals surface area contributed by atoms with E-state index in [2.05, 4.69) is 10.6 Å². The molecule has 1 atom stereocenters. The molecule has 0 spiro atoms. The van der Waals surface area contributed by atoms with E-state index < -0.39 is 23.9 Å². The van der Waals surface area contributed by atoms with Crippen molar-refractivity contribution in [1.82, 2.24) is 5.32 Å². The largest absolute Gasteiger partial charge is 0.480 e. The molecule has 114 valence electrons. The second kappa shape index (κ2) is 7.21. The van der Waals surface area contributed by atoms with Crippen molar-refractivity contribution >= 4 is 17.7 Å². The Balaban J connectivity index is 2.00. The van der Waals surface area contributed by atoms with Crippen LogP contribution in [0.2, 0.25) is 0 Å². The van der Waals surface area contributed by atoms with Crippen LogP contribution in [0.15, 0.2) is 54.6 Å². The number of carbonyl (C=O) groups excluding carboxylic acids is 1. The molecule has 0 aliphatic carbocycles. The maximum atomic E-state index is 13.4. The summed E-state index contributed by atoms with van der Waals surface area (Å²) in [6, 6.07) is 12.7. The summed E-state index contributed by atoms with van der Waals surface area (Å²) in [5.74, 6) is -1.75. The number of hydrogen-bond acceptors (Lipinski definition) is 2. The van der Waals surface area contributed by atoms with Gasteiger partial charge in [0.2, 0.25) is 0 Å². The van der Waals surface area contributed by atoms with Crippen molar-refractivity contribution in [3.8, 4) is 0 Å². The molecule has 2 aromatic carbocycles. The molecule has 0 fully saturated rings. The predicted molar refractivity (Wildman–Crippen MR) is 80.1 cm³/mol. The highest BCUT2D eigenvalue weighted by Gasteiger charge is 2.20. The molecule has 0 aliphatic heterocycles. The molecule has 0 radical (unpaired) electrons. The highest BCUT2D eigenvalue weighted by molar-refractivity contribution is 5.92. The van der Waals surface area contributed by atoms with Crippen molar-refractivity contribution in [2.24, 2.45) is 0 Å². The van der Waals surface area contributed by atoms with Crippen LogP contribution in [-0.4, -0.2) is 23.1 Å². The Morgan fingerprint density at radius 2 is 1.68 bits per heavy atom. The van der Waals surface area contributed by atoms with E-state index in [1.165, 1.54) is 18.2 Å². The SMILES string of the molecule is O=C(Nc1ccccc1F)N[C@@H](Cc1ccccc1)C(=O)O. The number of para-hydroxylation sites is 1. The normalized spacial score (nSPS) is 11.5. The van der Waals surface area contributed by atoms with Gasteiger partial charge in [-0.05, 0) is 17.7 Å². The first kappa shape index (κ1) is 15.5. The highest BCUT2D eigenvalue weighted by Crippen LogP contribution is 2.12. The quantitative estimate of drug-likeness (QED) is 0.794. The summed E-state index contributed by atoms with van der Waals surface area (Å²) in [6.07, 6.45) is 0.140. The van der Waals surface area contributed by atoms with Crippen LogP contribution in [0.5, 0.6) is 0 Å². The average molecular weight is 302 g/mol. The number of urea groups is 1. The van der Waals surface area contributed by atoms with Crippen LogP contribution < -0.4 is 10.6 Å². The Hall–Kier alpha value is -2.89. The number of aliphatic carboxylic acids is 1. The molecule has 3 N–H and O–H groups in total. The van der Waals surface area contributed by atoms with Crippen molar-refractivity contribution in [1.29, 1.82) is 0 Å². The summed E-state index contributed by atoms with van der Waals surface area (Å²) in [7, 11) is 0. The molecule has 6 heteroatoms. The smallest absolute Gasteiger partial charge is 0.326 e. The predicted octanol–water partition coefficient (Wildman–Crippen LogP) is 2.64. The summed E-state index contributed by atoms with van der Waals surface area (Å²) in [5, 5.41) is 13.8. The molecule has 0 aromatic heterocycles. The lowest BCUT2D eigenvalue weighted by molar-refractivity contribution is -0.139. The molecule has 2 amide bonds. The summed E-state index contributed by atoms with van der Waals surface area (Å²) in [6.45, 7) is 0. The fourth-order valence-electron chi connectivity index (χ4n) is 1.93. The lowest BCUT2D eigenvalue weighted by Gasteiger charge is -2.15. The van der Waals surface area contributed by atoms with E-state index in [-0.39, 0.29) is 12.1 Å². The number of halogens is 1. The maximum Gasteiger partial charge on any atom is 0.326 e. The van der Waals surface area contributed by atoms with E-state index in [4.69, 9.17) is 0 Å². The van der Waals surface area contributed by atoms with Crippen LogP contribution in [0.4, 0.5) is 14.9 Å². The molecule has 5 nitrogen and oxygen atoms in total. The van der Waals surface area contributed by atoms with Gasteiger partial charge in [0.1, 0.15) is 11.9 Å². The maximum absolute atomic E-state index is 13.4. The molecule has 0 bridgehead atoms. The molecule has 2 aromatic rings. The van der Waals surface area contributed by atoms with Crippen molar-refractivity contribution in [3.05, 3.63) is 66.0 Å². The first-order valence-corrected chi connectivity index (χ1v) is 6.65. The van der Waals surface area contributed by atoms with Gasteiger partial charge in [0.25, 0.3) is 0 Å². The number of anilines is 1. The molecular formula is C16H15FN2O3. The Morgan fingerprint density at radius 1 is 1.05 bits per heavy atom. The minimum Gasteiger partial charge on any atom is -0.480 e. The van der Waals surface area contributed by atoms with E-state index in [9.17, 15) is 19.1 Å². The number of rotatable bonds is 5. The van der Waals surface area contributed by atoms with E-state index in [0.29, 0.717) is 0 Å². The fourth-order valence-corrected chi connectivity index (χ4v) is 1.93. The molecule has 22 heavy (non-hydrogen) atoms. The molecule has 0 saturated carbocycles. The van der Waals surface area contributed by atoms with Crippen molar-refractivity contribution in [3.63, 3.8) is 0 Å². The summed E-state index contributed by atoms with van der Waals surface area (Å²) < 4.78 is 13.4. The molecular weight excluding hydrogens is 287 g/mol. The summed E-state index contributed by atoms with van der Waals surface area (Å²) in [4.78, 5) is 23.1. The number of amides is 2. The number of carbonyl (C=O) groups is 2. The first-order valence-electron chi connectivity index (χ1n) is 6.65. The number of nitrogens with one attached hydrogen (secondary N) is 2. The van der Waals surface area contributed by atoms with Crippen LogP contribution in [0, 0.1) is 5.82 Å². The lowest BCUT2D eigenvalue weighted by atomic mass is 10.1. The minimum absolute atomic E-state index is 0.0103. The standard InChI is InChI=1S/C16H15FN2O3/c17-12-8-4-5-9-13(12)18-16(22)19-14(15(20)21)10-11-6-2-1-3-7-11/h1-9,14H,10H2,(H,20,21)(H2,18,19,22)/t14-/m0/s1. The van der Waals surface area contributed by atoms with Gasteiger partial charge < -0.3 is 15.7 Å². The van der Waals surface area contributed by atoms with Crippen LogP contribution in [0.1, 0.15) is 5.56 Å². The van der Waals surface area contributed by atoms with Crippen molar-refractivity contribution in [2.45, 2.75) is 12.5 Å². The number of benzene rings is 2. The fraction of sp³-hybridized carbons (Fsp3) is 0.125. The Kier molecular flexibility index (Phi) is 5.08.